The molecule has 0 fully saturated rings. The molecule has 0 unspecified atom stereocenters. The van der Waals surface area contributed by atoms with Gasteiger partial charge in [-0.1, -0.05) is 17.3 Å². The number of carbonyl (C=O) groups is 1. The molecule has 3 rings (SSSR count). The fourth-order valence-electron chi connectivity index (χ4n) is 2.46. The maximum atomic E-state index is 12.5. The number of rotatable bonds is 4. The summed E-state index contributed by atoms with van der Waals surface area (Å²) in [5.41, 5.74) is 3.08. The number of amides is 1. The van der Waals surface area contributed by atoms with Gasteiger partial charge in [-0.05, 0) is 55.8 Å². The van der Waals surface area contributed by atoms with Gasteiger partial charge in [-0.25, -0.2) is 18.2 Å². The van der Waals surface area contributed by atoms with Crippen molar-refractivity contribution in [1.29, 1.82) is 0 Å². The first-order valence-corrected chi connectivity index (χ1v) is 9.24. The topological polar surface area (TPSA) is 120 Å². The fraction of sp³-hybridized carbons (Fsp3) is 0.118. The number of nitrogens with two attached hydrogens (primary N) is 1. The summed E-state index contributed by atoms with van der Waals surface area (Å²) in [5.74, 6) is -0.440. The minimum absolute atomic E-state index is 0.0305. The molecule has 0 bridgehead atoms. The Hall–Kier alpha value is -3.04. The van der Waals surface area contributed by atoms with Crippen LogP contribution in [0.1, 0.15) is 21.7 Å². The minimum Gasteiger partial charge on any atom is -0.321 e. The highest BCUT2D eigenvalue weighted by Gasteiger charge is 2.18. The third kappa shape index (κ3) is 3.63. The Morgan fingerprint density at radius 1 is 1.12 bits per heavy atom. The van der Waals surface area contributed by atoms with Crippen molar-refractivity contribution in [1.82, 2.24) is 15.0 Å². The highest BCUT2D eigenvalue weighted by atomic mass is 32.2. The van der Waals surface area contributed by atoms with Gasteiger partial charge in [-0.2, -0.15) is 0 Å². The van der Waals surface area contributed by atoms with Gasteiger partial charge in [0.25, 0.3) is 5.91 Å². The summed E-state index contributed by atoms with van der Waals surface area (Å²) in [4.78, 5) is 12.4. The molecular weight excluding hydrogens is 354 g/mol. The minimum atomic E-state index is -3.78. The number of primary sulfonamides is 1. The van der Waals surface area contributed by atoms with Crippen LogP contribution in [0.5, 0.6) is 0 Å². The Balaban J connectivity index is 1.83. The van der Waals surface area contributed by atoms with Crippen molar-refractivity contribution < 1.29 is 13.2 Å². The number of aromatic nitrogens is 3. The van der Waals surface area contributed by atoms with Crippen LogP contribution in [0.25, 0.3) is 5.69 Å². The van der Waals surface area contributed by atoms with E-state index in [2.05, 4.69) is 15.6 Å². The van der Waals surface area contributed by atoms with E-state index in [-0.39, 0.29) is 10.6 Å². The molecule has 3 N–H and O–H groups in total. The Morgan fingerprint density at radius 2 is 1.81 bits per heavy atom. The van der Waals surface area contributed by atoms with E-state index in [0.717, 1.165) is 11.3 Å². The molecule has 0 saturated heterocycles. The number of aryl methyl sites for hydroxylation is 1. The first-order chi connectivity index (χ1) is 12.3. The molecule has 8 nitrogen and oxygen atoms in total. The predicted molar refractivity (Wildman–Crippen MR) is 96.6 cm³/mol. The van der Waals surface area contributed by atoms with Crippen molar-refractivity contribution in [2.75, 3.05) is 5.32 Å². The van der Waals surface area contributed by atoms with E-state index in [0.29, 0.717) is 11.4 Å². The number of hydrogen-bond acceptors (Lipinski definition) is 5. The van der Waals surface area contributed by atoms with E-state index in [1.54, 1.807) is 11.6 Å². The second-order valence-corrected chi connectivity index (χ2v) is 7.36. The van der Waals surface area contributed by atoms with Gasteiger partial charge in [0.2, 0.25) is 10.0 Å². The van der Waals surface area contributed by atoms with Crippen LogP contribution in [0.4, 0.5) is 5.69 Å². The Kier molecular flexibility index (Phi) is 4.58. The van der Waals surface area contributed by atoms with Crippen molar-refractivity contribution in [3.8, 4) is 5.69 Å². The largest absolute Gasteiger partial charge is 0.321 e. The number of sulfonamides is 1. The maximum Gasteiger partial charge on any atom is 0.278 e. The lowest BCUT2D eigenvalue weighted by Gasteiger charge is -2.06. The van der Waals surface area contributed by atoms with Crippen molar-refractivity contribution in [2.45, 2.75) is 18.7 Å². The summed E-state index contributed by atoms with van der Waals surface area (Å²) in [7, 11) is -3.78. The predicted octanol–water partition coefficient (Wildman–Crippen LogP) is 1.78. The molecule has 26 heavy (non-hydrogen) atoms. The van der Waals surface area contributed by atoms with Gasteiger partial charge in [0.1, 0.15) is 0 Å². The van der Waals surface area contributed by atoms with Crippen molar-refractivity contribution in [2.24, 2.45) is 5.14 Å². The molecule has 2 aromatic carbocycles. The SMILES string of the molecule is Cc1cccc(-n2nnc(C(=O)Nc3ccc(S(N)(=O)=O)cc3)c2C)c1. The second kappa shape index (κ2) is 6.70. The maximum absolute atomic E-state index is 12.5. The van der Waals surface area contributed by atoms with Crippen LogP contribution in [0.3, 0.4) is 0 Å². The lowest BCUT2D eigenvalue weighted by molar-refractivity contribution is 0.102. The first-order valence-electron chi connectivity index (χ1n) is 7.69. The lowest BCUT2D eigenvalue weighted by atomic mass is 10.2. The molecule has 0 atom stereocenters. The monoisotopic (exact) mass is 371 g/mol. The van der Waals surface area contributed by atoms with E-state index >= 15 is 0 Å². The molecule has 0 radical (unpaired) electrons. The van der Waals surface area contributed by atoms with Crippen LogP contribution in [-0.2, 0) is 10.0 Å². The fourth-order valence-corrected chi connectivity index (χ4v) is 2.98. The summed E-state index contributed by atoms with van der Waals surface area (Å²) < 4.78 is 24.1. The summed E-state index contributed by atoms with van der Waals surface area (Å²) in [6, 6.07) is 13.2. The highest BCUT2D eigenvalue weighted by Crippen LogP contribution is 2.16. The first kappa shape index (κ1) is 17.8. The van der Waals surface area contributed by atoms with Crippen molar-refractivity contribution >= 4 is 21.6 Å². The summed E-state index contributed by atoms with van der Waals surface area (Å²) in [6.45, 7) is 3.72. The van der Waals surface area contributed by atoms with Gasteiger partial charge < -0.3 is 5.32 Å². The van der Waals surface area contributed by atoms with E-state index in [4.69, 9.17) is 5.14 Å². The molecule has 1 heterocycles. The van der Waals surface area contributed by atoms with Gasteiger partial charge in [0.05, 0.1) is 16.3 Å². The summed E-state index contributed by atoms with van der Waals surface area (Å²) >= 11 is 0. The lowest BCUT2D eigenvalue weighted by Crippen LogP contribution is -2.15. The number of hydrogen-bond donors (Lipinski definition) is 2. The number of nitrogens with one attached hydrogen (secondary N) is 1. The van der Waals surface area contributed by atoms with E-state index in [9.17, 15) is 13.2 Å². The zero-order valence-corrected chi connectivity index (χ0v) is 15.0. The average molecular weight is 371 g/mol. The van der Waals surface area contributed by atoms with Crippen LogP contribution in [-0.4, -0.2) is 29.3 Å². The summed E-state index contributed by atoms with van der Waals surface area (Å²) in [5, 5.41) is 15.7. The van der Waals surface area contributed by atoms with Crippen molar-refractivity contribution in [3.05, 3.63) is 65.5 Å². The normalized spacial score (nSPS) is 11.3. The molecule has 0 spiro atoms. The molecule has 0 aliphatic heterocycles. The van der Waals surface area contributed by atoms with Crippen LogP contribution in [0.15, 0.2) is 53.4 Å². The molecular formula is C17H17N5O3S. The molecule has 134 valence electrons. The molecule has 1 amide bonds. The van der Waals surface area contributed by atoms with E-state index in [1.165, 1.54) is 24.3 Å². The van der Waals surface area contributed by atoms with Crippen LogP contribution >= 0.6 is 0 Å². The number of carbonyl (C=O) groups excluding carboxylic acids is 1. The van der Waals surface area contributed by atoms with E-state index in [1.807, 2.05) is 31.2 Å². The summed E-state index contributed by atoms with van der Waals surface area (Å²) in [6.07, 6.45) is 0. The van der Waals surface area contributed by atoms with Crippen molar-refractivity contribution in [3.63, 3.8) is 0 Å². The Labute approximate surface area is 150 Å². The molecule has 0 aliphatic carbocycles. The Morgan fingerprint density at radius 3 is 2.42 bits per heavy atom. The van der Waals surface area contributed by atoms with Gasteiger partial charge >= 0.3 is 0 Å². The highest BCUT2D eigenvalue weighted by molar-refractivity contribution is 7.89. The van der Waals surface area contributed by atoms with Gasteiger partial charge in [0, 0.05) is 5.69 Å². The zero-order chi connectivity index (χ0) is 18.9. The number of anilines is 1. The molecule has 1 aromatic heterocycles. The van der Waals surface area contributed by atoms with Gasteiger partial charge in [-0.15, -0.1) is 5.10 Å². The standard InChI is InChI=1S/C17H17N5O3S/c1-11-4-3-5-14(10-11)22-12(2)16(20-21-22)17(23)19-13-6-8-15(9-7-13)26(18,24)25/h3-10H,1-2H3,(H,19,23)(H2,18,24,25). The van der Waals surface area contributed by atoms with Crippen LogP contribution in [0, 0.1) is 13.8 Å². The zero-order valence-electron chi connectivity index (χ0n) is 14.2. The number of nitrogens with zero attached hydrogens (tertiary/aromatic N) is 3. The second-order valence-electron chi connectivity index (χ2n) is 5.80. The average Bonchev–Trinajstić information content (AvgIpc) is 2.96. The van der Waals surface area contributed by atoms with Crippen LogP contribution in [0.2, 0.25) is 0 Å². The molecule has 9 heteroatoms. The quantitative estimate of drug-likeness (QED) is 0.724. The van der Waals surface area contributed by atoms with Crippen LogP contribution < -0.4 is 10.5 Å². The number of benzene rings is 2. The van der Waals surface area contributed by atoms with E-state index < -0.39 is 15.9 Å². The third-order valence-electron chi connectivity index (χ3n) is 3.80. The Bertz CT molecular complexity index is 1070. The smallest absolute Gasteiger partial charge is 0.278 e. The molecule has 3 aromatic rings. The van der Waals surface area contributed by atoms with Gasteiger partial charge in [-0.3, -0.25) is 4.79 Å². The van der Waals surface area contributed by atoms with Gasteiger partial charge in [0.15, 0.2) is 5.69 Å². The molecule has 0 saturated carbocycles. The third-order valence-corrected chi connectivity index (χ3v) is 4.73. The molecule has 0 aliphatic rings.